The van der Waals surface area contributed by atoms with E-state index in [9.17, 15) is 4.21 Å². The van der Waals surface area contributed by atoms with Crippen molar-refractivity contribution in [2.24, 2.45) is 0 Å². The molecule has 1 heterocycles. The van der Waals surface area contributed by atoms with Gasteiger partial charge in [-0.1, -0.05) is 12.2 Å². The van der Waals surface area contributed by atoms with Gasteiger partial charge in [-0.2, -0.15) is 0 Å². The average Bonchev–Trinajstić information content (AvgIpc) is 1.94. The van der Waals surface area contributed by atoms with Crippen LogP contribution in [0.15, 0.2) is 12.2 Å². The van der Waals surface area contributed by atoms with Crippen LogP contribution < -0.4 is 0 Å². The highest BCUT2D eigenvalue weighted by molar-refractivity contribution is 7.92. The molecular formula is C7H13NOS. The van der Waals surface area contributed by atoms with Crippen molar-refractivity contribution in [1.82, 2.24) is 0 Å². The molecule has 0 amide bonds. The van der Waals surface area contributed by atoms with E-state index in [4.69, 9.17) is 4.78 Å². The molecule has 1 atom stereocenters. The minimum atomic E-state index is -2.21. The van der Waals surface area contributed by atoms with Gasteiger partial charge in [-0.15, -0.1) is 0 Å². The Labute approximate surface area is 62.3 Å². The van der Waals surface area contributed by atoms with E-state index in [-0.39, 0.29) is 0 Å². The topological polar surface area (TPSA) is 40.9 Å². The van der Waals surface area contributed by atoms with E-state index in [0.717, 1.165) is 24.8 Å². The van der Waals surface area contributed by atoms with Gasteiger partial charge >= 0.3 is 0 Å². The summed E-state index contributed by atoms with van der Waals surface area (Å²) in [6.45, 7) is 3.83. The fraction of sp³-hybridized carbons (Fsp3) is 0.714. The van der Waals surface area contributed by atoms with E-state index in [1.54, 1.807) is 0 Å². The molecule has 1 saturated heterocycles. The Morgan fingerprint density at radius 3 is 2.80 bits per heavy atom. The summed E-state index contributed by atoms with van der Waals surface area (Å²) in [6, 6.07) is 0. The summed E-state index contributed by atoms with van der Waals surface area (Å²) in [5.41, 5.74) is 1.16. The van der Waals surface area contributed by atoms with Crippen LogP contribution in [0.1, 0.15) is 19.3 Å². The Hall–Kier alpha value is -0.310. The summed E-state index contributed by atoms with van der Waals surface area (Å²) in [7, 11) is -2.21. The van der Waals surface area contributed by atoms with Crippen LogP contribution >= 0.6 is 0 Å². The molecule has 0 aromatic carbocycles. The highest BCUT2D eigenvalue weighted by Gasteiger charge is 2.11. The average molecular weight is 159 g/mol. The van der Waals surface area contributed by atoms with Gasteiger partial charge in [-0.05, 0) is 19.3 Å². The maximum absolute atomic E-state index is 11.2. The largest absolute Gasteiger partial charge is 0.253 e. The van der Waals surface area contributed by atoms with Gasteiger partial charge in [0.05, 0.1) is 0 Å². The van der Waals surface area contributed by atoms with Gasteiger partial charge in [0.1, 0.15) is 0 Å². The lowest BCUT2D eigenvalue weighted by Gasteiger charge is -1.98. The molecule has 0 bridgehead atoms. The number of rotatable bonds is 0. The molecular weight excluding hydrogens is 146 g/mol. The second-order valence-electron chi connectivity index (χ2n) is 2.82. The first-order valence-electron chi connectivity index (χ1n) is 3.51. The maximum atomic E-state index is 11.2. The summed E-state index contributed by atoms with van der Waals surface area (Å²) < 4.78 is 18.5. The summed E-state index contributed by atoms with van der Waals surface area (Å²) in [5.74, 6) is 1.11. The second-order valence-corrected chi connectivity index (χ2v) is 5.26. The van der Waals surface area contributed by atoms with Crippen molar-refractivity contribution in [3.05, 3.63) is 12.2 Å². The van der Waals surface area contributed by atoms with Crippen LogP contribution in [0.2, 0.25) is 0 Å². The van der Waals surface area contributed by atoms with Gasteiger partial charge in [0.15, 0.2) is 0 Å². The molecule has 0 aromatic rings. The van der Waals surface area contributed by atoms with Gasteiger partial charge in [0, 0.05) is 21.2 Å². The minimum Gasteiger partial charge on any atom is -0.253 e. The number of hydrogen-bond donors (Lipinski definition) is 1. The van der Waals surface area contributed by atoms with Crippen molar-refractivity contribution in [1.29, 1.82) is 4.78 Å². The molecule has 0 spiro atoms. The normalized spacial score (nSPS) is 35.4. The SMILES string of the molecule is C=C1CCCS(=N)(=O)CC1. The Morgan fingerprint density at radius 2 is 2.10 bits per heavy atom. The third-order valence-electron chi connectivity index (χ3n) is 1.79. The summed E-state index contributed by atoms with van der Waals surface area (Å²) in [6.07, 6.45) is 2.65. The first kappa shape index (κ1) is 7.79. The van der Waals surface area contributed by atoms with Crippen molar-refractivity contribution in [2.45, 2.75) is 19.3 Å². The van der Waals surface area contributed by atoms with Crippen LogP contribution in [0.3, 0.4) is 0 Å². The molecule has 0 saturated carbocycles. The lowest BCUT2D eigenvalue weighted by atomic mass is 10.1. The van der Waals surface area contributed by atoms with Gasteiger partial charge in [0.25, 0.3) is 0 Å². The lowest BCUT2D eigenvalue weighted by molar-refractivity contribution is 0.674. The summed E-state index contributed by atoms with van der Waals surface area (Å²) in [5, 5.41) is 0. The molecule has 1 unspecified atom stereocenters. The van der Waals surface area contributed by atoms with E-state index in [1.165, 1.54) is 0 Å². The van der Waals surface area contributed by atoms with Gasteiger partial charge < -0.3 is 0 Å². The smallest absolute Gasteiger partial charge is 0.0444 e. The van der Waals surface area contributed by atoms with E-state index in [2.05, 4.69) is 6.58 Å². The molecule has 3 heteroatoms. The standard InChI is InChI=1S/C7H13NOS/c1-7-3-2-5-10(8,9)6-4-7/h8H,1-6H2. The van der Waals surface area contributed by atoms with Crippen LogP contribution in [0.25, 0.3) is 0 Å². The molecule has 0 aromatic heterocycles. The predicted octanol–water partition coefficient (Wildman–Crippen LogP) is 1.77. The fourth-order valence-corrected chi connectivity index (χ4v) is 2.52. The highest BCUT2D eigenvalue weighted by Crippen LogP contribution is 2.15. The lowest BCUT2D eigenvalue weighted by Crippen LogP contribution is -2.05. The van der Waals surface area contributed by atoms with Crippen molar-refractivity contribution < 1.29 is 4.21 Å². The monoisotopic (exact) mass is 159 g/mol. The quantitative estimate of drug-likeness (QED) is 0.538. The van der Waals surface area contributed by atoms with Crippen LogP contribution in [0, 0.1) is 4.78 Å². The molecule has 1 N–H and O–H groups in total. The Balaban J connectivity index is 2.66. The van der Waals surface area contributed by atoms with E-state index in [0.29, 0.717) is 11.5 Å². The third-order valence-corrected chi connectivity index (χ3v) is 3.60. The highest BCUT2D eigenvalue weighted by atomic mass is 32.2. The molecule has 0 aliphatic carbocycles. The first-order chi connectivity index (χ1) is 4.60. The molecule has 10 heavy (non-hydrogen) atoms. The fourth-order valence-electron chi connectivity index (χ4n) is 1.09. The van der Waals surface area contributed by atoms with Gasteiger partial charge in [-0.3, -0.25) is 4.78 Å². The molecule has 58 valence electrons. The van der Waals surface area contributed by atoms with Crippen molar-refractivity contribution in [2.75, 3.05) is 11.5 Å². The second kappa shape index (κ2) is 2.74. The van der Waals surface area contributed by atoms with E-state index in [1.807, 2.05) is 0 Å². The van der Waals surface area contributed by atoms with Gasteiger partial charge in [0.2, 0.25) is 0 Å². The zero-order valence-corrected chi connectivity index (χ0v) is 6.88. The van der Waals surface area contributed by atoms with Crippen molar-refractivity contribution in [3.63, 3.8) is 0 Å². The Kier molecular flexibility index (Phi) is 2.14. The molecule has 1 rings (SSSR count). The predicted molar refractivity (Wildman–Crippen MR) is 43.6 cm³/mol. The molecule has 1 fully saturated rings. The molecule has 1 aliphatic rings. The van der Waals surface area contributed by atoms with Crippen LogP contribution in [0.4, 0.5) is 0 Å². The minimum absolute atomic E-state index is 0.534. The first-order valence-corrected chi connectivity index (χ1v) is 5.41. The Bertz CT molecular complexity index is 228. The van der Waals surface area contributed by atoms with Crippen LogP contribution in [-0.2, 0) is 9.73 Å². The van der Waals surface area contributed by atoms with Crippen molar-refractivity contribution in [3.8, 4) is 0 Å². The van der Waals surface area contributed by atoms with Crippen LogP contribution in [-0.4, -0.2) is 15.7 Å². The van der Waals surface area contributed by atoms with Crippen LogP contribution in [0.5, 0.6) is 0 Å². The van der Waals surface area contributed by atoms with E-state index >= 15 is 0 Å². The summed E-state index contributed by atoms with van der Waals surface area (Å²) >= 11 is 0. The molecule has 2 nitrogen and oxygen atoms in total. The maximum Gasteiger partial charge on any atom is 0.0444 e. The molecule has 0 radical (unpaired) electrons. The van der Waals surface area contributed by atoms with Crippen molar-refractivity contribution >= 4 is 9.73 Å². The van der Waals surface area contributed by atoms with Gasteiger partial charge in [-0.25, -0.2) is 4.21 Å². The number of allylic oxidation sites excluding steroid dienone is 1. The Morgan fingerprint density at radius 1 is 1.40 bits per heavy atom. The zero-order valence-electron chi connectivity index (χ0n) is 6.06. The number of hydrogen-bond acceptors (Lipinski definition) is 2. The van der Waals surface area contributed by atoms with E-state index < -0.39 is 9.73 Å². The zero-order chi connectivity index (χ0) is 7.61. The summed E-state index contributed by atoms with van der Waals surface area (Å²) in [4.78, 5) is 0. The molecule has 1 aliphatic heterocycles. The third kappa shape index (κ3) is 2.14. The number of nitrogens with one attached hydrogen (secondary N) is 1.